The highest BCUT2D eigenvalue weighted by atomic mass is 16.3. The summed E-state index contributed by atoms with van der Waals surface area (Å²) in [5.41, 5.74) is 0. The molecular formula is C28H53NO3. The molecule has 3 N–H and O–H groups in total. The van der Waals surface area contributed by atoms with Crippen molar-refractivity contribution in [3.63, 3.8) is 0 Å². The van der Waals surface area contributed by atoms with Gasteiger partial charge in [-0.3, -0.25) is 4.79 Å². The summed E-state index contributed by atoms with van der Waals surface area (Å²) in [5, 5.41) is 22.5. The summed E-state index contributed by atoms with van der Waals surface area (Å²) in [5.74, 6) is -0.0849. The molecular weight excluding hydrogens is 398 g/mol. The van der Waals surface area contributed by atoms with Gasteiger partial charge in [-0.15, -0.1) is 0 Å². The van der Waals surface area contributed by atoms with Crippen molar-refractivity contribution in [1.29, 1.82) is 0 Å². The Morgan fingerprint density at radius 3 is 1.81 bits per heavy atom. The zero-order valence-corrected chi connectivity index (χ0v) is 21.2. The number of hydrogen-bond donors (Lipinski definition) is 3. The van der Waals surface area contributed by atoms with Crippen LogP contribution in [0.2, 0.25) is 0 Å². The predicted octanol–water partition coefficient (Wildman–Crippen LogP) is 7.00. The van der Waals surface area contributed by atoms with E-state index in [4.69, 9.17) is 0 Å². The number of amides is 1. The van der Waals surface area contributed by atoms with Crippen molar-refractivity contribution in [2.45, 2.75) is 142 Å². The SMILES string of the molecule is CCCCCCCCC/C=C/CC/C=C/[C@@H](O)[C@H](CO)NC(=O)CCCCCCCCC. The zero-order valence-electron chi connectivity index (χ0n) is 21.2. The molecule has 0 bridgehead atoms. The molecule has 4 nitrogen and oxygen atoms in total. The normalized spacial score (nSPS) is 13.8. The van der Waals surface area contributed by atoms with Crippen molar-refractivity contribution in [2.24, 2.45) is 0 Å². The molecule has 188 valence electrons. The zero-order chi connectivity index (χ0) is 23.7. The summed E-state index contributed by atoms with van der Waals surface area (Å²) in [4.78, 5) is 12.1. The molecule has 0 saturated carbocycles. The number of rotatable bonds is 23. The third-order valence-electron chi connectivity index (χ3n) is 5.94. The van der Waals surface area contributed by atoms with Crippen LogP contribution in [0.15, 0.2) is 24.3 Å². The first-order valence-corrected chi connectivity index (χ1v) is 13.6. The topological polar surface area (TPSA) is 69.6 Å². The van der Waals surface area contributed by atoms with E-state index in [2.05, 4.69) is 31.3 Å². The largest absolute Gasteiger partial charge is 0.394 e. The number of hydrogen-bond acceptors (Lipinski definition) is 3. The first-order valence-electron chi connectivity index (χ1n) is 13.6. The second-order valence-electron chi connectivity index (χ2n) is 9.11. The Bertz CT molecular complexity index is 462. The van der Waals surface area contributed by atoms with Gasteiger partial charge in [0.05, 0.1) is 18.8 Å². The Balaban J connectivity index is 3.79. The van der Waals surface area contributed by atoms with Crippen LogP contribution in [0.5, 0.6) is 0 Å². The molecule has 0 aromatic heterocycles. The van der Waals surface area contributed by atoms with Crippen molar-refractivity contribution in [3.05, 3.63) is 24.3 Å². The number of aliphatic hydroxyl groups excluding tert-OH is 2. The Hall–Kier alpha value is -1.13. The summed E-state index contributed by atoms with van der Waals surface area (Å²) in [6.45, 7) is 4.20. The minimum absolute atomic E-state index is 0.0849. The number of unbranched alkanes of at least 4 members (excludes halogenated alkanes) is 14. The minimum atomic E-state index is -0.852. The molecule has 0 aliphatic carbocycles. The Morgan fingerprint density at radius 1 is 0.719 bits per heavy atom. The molecule has 0 aliphatic heterocycles. The van der Waals surface area contributed by atoms with E-state index >= 15 is 0 Å². The van der Waals surface area contributed by atoms with E-state index in [1.54, 1.807) is 6.08 Å². The predicted molar refractivity (Wildman–Crippen MR) is 138 cm³/mol. The molecule has 0 aromatic carbocycles. The van der Waals surface area contributed by atoms with E-state index < -0.39 is 12.1 Å². The van der Waals surface area contributed by atoms with Crippen LogP contribution in [0.25, 0.3) is 0 Å². The number of carbonyl (C=O) groups is 1. The maximum atomic E-state index is 12.1. The molecule has 2 atom stereocenters. The Morgan fingerprint density at radius 2 is 1.22 bits per heavy atom. The van der Waals surface area contributed by atoms with Gasteiger partial charge in [-0.05, 0) is 32.1 Å². The number of carbonyl (C=O) groups excluding carboxylic acids is 1. The van der Waals surface area contributed by atoms with Gasteiger partial charge in [0.1, 0.15) is 0 Å². The van der Waals surface area contributed by atoms with E-state index in [9.17, 15) is 15.0 Å². The summed E-state index contributed by atoms with van der Waals surface area (Å²) in [6, 6.07) is -0.629. The lowest BCUT2D eigenvalue weighted by atomic mass is 10.1. The van der Waals surface area contributed by atoms with Gasteiger partial charge >= 0.3 is 0 Å². The fourth-order valence-corrected chi connectivity index (χ4v) is 3.78. The van der Waals surface area contributed by atoms with E-state index in [1.165, 1.54) is 77.0 Å². The Kier molecular flexibility index (Phi) is 23.6. The molecule has 0 spiro atoms. The lowest BCUT2D eigenvalue weighted by Gasteiger charge is -2.19. The molecule has 0 aliphatic rings. The number of allylic oxidation sites excluding steroid dienone is 3. The van der Waals surface area contributed by atoms with Gasteiger partial charge in [0.2, 0.25) is 5.91 Å². The van der Waals surface area contributed by atoms with E-state index in [-0.39, 0.29) is 12.5 Å². The van der Waals surface area contributed by atoms with Gasteiger partial charge in [0.25, 0.3) is 0 Å². The molecule has 4 heteroatoms. The third kappa shape index (κ3) is 20.8. The maximum Gasteiger partial charge on any atom is 0.220 e. The van der Waals surface area contributed by atoms with Gasteiger partial charge in [-0.2, -0.15) is 0 Å². The van der Waals surface area contributed by atoms with Crippen LogP contribution in [0, 0.1) is 0 Å². The number of aliphatic hydroxyl groups is 2. The van der Waals surface area contributed by atoms with Gasteiger partial charge in [-0.1, -0.05) is 115 Å². The summed E-state index contributed by atoms with van der Waals surface area (Å²) in [6.07, 6.45) is 28.2. The smallest absolute Gasteiger partial charge is 0.220 e. The second kappa shape index (κ2) is 24.5. The van der Waals surface area contributed by atoms with Crippen LogP contribution in [0.1, 0.15) is 129 Å². The Labute approximate surface area is 199 Å². The van der Waals surface area contributed by atoms with Crippen molar-refractivity contribution < 1.29 is 15.0 Å². The summed E-state index contributed by atoms with van der Waals surface area (Å²) >= 11 is 0. The van der Waals surface area contributed by atoms with Crippen molar-refractivity contribution in [3.8, 4) is 0 Å². The first-order chi connectivity index (χ1) is 15.7. The highest BCUT2D eigenvalue weighted by Crippen LogP contribution is 2.10. The van der Waals surface area contributed by atoms with Gasteiger partial charge < -0.3 is 15.5 Å². The standard InChI is InChI=1S/C28H53NO3/c1-3-5-7-9-11-12-13-14-15-16-18-19-21-23-27(31)26(25-30)29-28(32)24-22-20-17-10-8-6-4-2/h15-16,21,23,26-27,30-31H,3-14,17-20,22,24-25H2,1-2H3,(H,29,32)/b16-15+,23-21+/t26-,27+/m0/s1. The average molecular weight is 452 g/mol. The molecule has 32 heavy (non-hydrogen) atoms. The van der Waals surface area contributed by atoms with Gasteiger partial charge in [0.15, 0.2) is 0 Å². The maximum absolute atomic E-state index is 12.1. The minimum Gasteiger partial charge on any atom is -0.394 e. The van der Waals surface area contributed by atoms with Crippen LogP contribution in [0.3, 0.4) is 0 Å². The van der Waals surface area contributed by atoms with Gasteiger partial charge in [0, 0.05) is 6.42 Å². The highest BCUT2D eigenvalue weighted by molar-refractivity contribution is 5.76. The summed E-state index contributed by atoms with van der Waals surface area (Å²) in [7, 11) is 0. The monoisotopic (exact) mass is 451 g/mol. The van der Waals surface area contributed by atoms with Crippen LogP contribution in [-0.4, -0.2) is 34.9 Å². The first kappa shape index (κ1) is 30.9. The molecule has 1 amide bonds. The third-order valence-corrected chi connectivity index (χ3v) is 5.94. The van der Waals surface area contributed by atoms with Crippen molar-refractivity contribution >= 4 is 5.91 Å². The van der Waals surface area contributed by atoms with Crippen molar-refractivity contribution in [2.75, 3.05) is 6.61 Å². The molecule has 0 saturated heterocycles. The molecule has 0 unspecified atom stereocenters. The van der Waals surface area contributed by atoms with Crippen LogP contribution >= 0.6 is 0 Å². The molecule has 0 radical (unpaired) electrons. The van der Waals surface area contributed by atoms with E-state index in [0.717, 1.165) is 32.1 Å². The number of nitrogens with one attached hydrogen (secondary N) is 1. The lowest BCUT2D eigenvalue weighted by molar-refractivity contribution is -0.123. The second-order valence-corrected chi connectivity index (χ2v) is 9.11. The molecule has 0 aromatic rings. The molecule has 0 heterocycles. The fourth-order valence-electron chi connectivity index (χ4n) is 3.78. The van der Waals surface area contributed by atoms with Crippen LogP contribution in [-0.2, 0) is 4.79 Å². The van der Waals surface area contributed by atoms with Gasteiger partial charge in [-0.25, -0.2) is 0 Å². The fraction of sp³-hybridized carbons (Fsp3) is 0.821. The summed E-state index contributed by atoms with van der Waals surface area (Å²) < 4.78 is 0. The molecule has 0 rings (SSSR count). The highest BCUT2D eigenvalue weighted by Gasteiger charge is 2.17. The average Bonchev–Trinajstić information content (AvgIpc) is 2.79. The lowest BCUT2D eigenvalue weighted by Crippen LogP contribution is -2.45. The van der Waals surface area contributed by atoms with Crippen molar-refractivity contribution in [1.82, 2.24) is 5.32 Å². The van der Waals surface area contributed by atoms with E-state index in [1.807, 2.05) is 6.08 Å². The van der Waals surface area contributed by atoms with Crippen LogP contribution in [0.4, 0.5) is 0 Å². The van der Waals surface area contributed by atoms with Crippen LogP contribution < -0.4 is 5.32 Å². The quantitative estimate of drug-likeness (QED) is 0.116. The molecule has 0 fully saturated rings. The van der Waals surface area contributed by atoms with E-state index in [0.29, 0.717) is 6.42 Å².